The Balaban J connectivity index is 1.99. The SMILES string of the molecule is Cc1ccnc(NCC(C)c2ccc(C(F)(F)F)cc2)n1. The van der Waals surface area contributed by atoms with Crippen LogP contribution in [0.5, 0.6) is 0 Å². The molecule has 1 unspecified atom stereocenters. The van der Waals surface area contributed by atoms with Crippen molar-refractivity contribution in [1.29, 1.82) is 0 Å². The number of rotatable bonds is 4. The van der Waals surface area contributed by atoms with Crippen molar-refractivity contribution in [2.24, 2.45) is 0 Å². The molecule has 0 bridgehead atoms. The zero-order valence-corrected chi connectivity index (χ0v) is 11.8. The largest absolute Gasteiger partial charge is 0.416 e. The van der Waals surface area contributed by atoms with Crippen LogP contribution in [0.15, 0.2) is 36.5 Å². The van der Waals surface area contributed by atoms with Crippen molar-refractivity contribution in [3.63, 3.8) is 0 Å². The molecule has 1 N–H and O–H groups in total. The van der Waals surface area contributed by atoms with Gasteiger partial charge in [0.2, 0.25) is 5.95 Å². The third-order valence-electron chi connectivity index (χ3n) is 3.17. The van der Waals surface area contributed by atoms with E-state index in [2.05, 4.69) is 15.3 Å². The Morgan fingerprint density at radius 3 is 2.38 bits per heavy atom. The van der Waals surface area contributed by atoms with Crippen molar-refractivity contribution in [1.82, 2.24) is 9.97 Å². The monoisotopic (exact) mass is 295 g/mol. The summed E-state index contributed by atoms with van der Waals surface area (Å²) < 4.78 is 37.5. The van der Waals surface area contributed by atoms with Gasteiger partial charge in [0.05, 0.1) is 5.56 Å². The number of hydrogen-bond donors (Lipinski definition) is 1. The van der Waals surface area contributed by atoms with Crippen LogP contribution in [-0.2, 0) is 6.18 Å². The zero-order chi connectivity index (χ0) is 15.5. The van der Waals surface area contributed by atoms with Gasteiger partial charge in [-0.25, -0.2) is 9.97 Å². The Morgan fingerprint density at radius 1 is 1.14 bits per heavy atom. The number of benzene rings is 1. The third kappa shape index (κ3) is 4.18. The van der Waals surface area contributed by atoms with E-state index in [1.165, 1.54) is 12.1 Å². The summed E-state index contributed by atoms with van der Waals surface area (Å²) in [4.78, 5) is 8.29. The number of nitrogens with zero attached hydrogens (tertiary/aromatic N) is 2. The second kappa shape index (κ2) is 6.11. The summed E-state index contributed by atoms with van der Waals surface area (Å²) in [6.45, 7) is 4.35. The van der Waals surface area contributed by atoms with E-state index in [9.17, 15) is 13.2 Å². The molecular formula is C15H16F3N3. The fourth-order valence-electron chi connectivity index (χ4n) is 1.90. The number of alkyl halides is 3. The Bertz CT molecular complexity index is 594. The Morgan fingerprint density at radius 2 is 1.81 bits per heavy atom. The average Bonchev–Trinajstić information content (AvgIpc) is 2.44. The number of nitrogens with one attached hydrogen (secondary N) is 1. The molecule has 1 aromatic carbocycles. The fourth-order valence-corrected chi connectivity index (χ4v) is 1.90. The van der Waals surface area contributed by atoms with Crippen molar-refractivity contribution < 1.29 is 13.2 Å². The first kappa shape index (κ1) is 15.3. The lowest BCUT2D eigenvalue weighted by Gasteiger charge is -2.14. The minimum absolute atomic E-state index is 0.0522. The Hall–Kier alpha value is -2.11. The van der Waals surface area contributed by atoms with E-state index in [1.807, 2.05) is 13.8 Å². The van der Waals surface area contributed by atoms with E-state index in [0.717, 1.165) is 23.4 Å². The zero-order valence-electron chi connectivity index (χ0n) is 11.8. The number of aromatic nitrogens is 2. The van der Waals surface area contributed by atoms with Gasteiger partial charge in [-0.2, -0.15) is 13.2 Å². The minimum atomic E-state index is -4.30. The van der Waals surface area contributed by atoms with E-state index < -0.39 is 11.7 Å². The van der Waals surface area contributed by atoms with Crippen LogP contribution in [0.2, 0.25) is 0 Å². The summed E-state index contributed by atoms with van der Waals surface area (Å²) in [5.74, 6) is 0.574. The molecule has 0 saturated heterocycles. The molecule has 0 aliphatic rings. The van der Waals surface area contributed by atoms with Gasteiger partial charge < -0.3 is 5.32 Å². The molecule has 112 valence electrons. The van der Waals surface area contributed by atoms with Gasteiger partial charge >= 0.3 is 6.18 Å². The first-order chi connectivity index (χ1) is 9.86. The smallest absolute Gasteiger partial charge is 0.354 e. The van der Waals surface area contributed by atoms with Crippen LogP contribution in [-0.4, -0.2) is 16.5 Å². The molecule has 0 saturated carbocycles. The first-order valence-corrected chi connectivity index (χ1v) is 6.57. The van der Waals surface area contributed by atoms with Gasteiger partial charge in [0.15, 0.2) is 0 Å². The Labute approximate surface area is 121 Å². The van der Waals surface area contributed by atoms with Crippen LogP contribution in [0.3, 0.4) is 0 Å². The molecule has 0 aliphatic carbocycles. The maximum atomic E-state index is 12.5. The molecule has 3 nitrogen and oxygen atoms in total. The summed E-state index contributed by atoms with van der Waals surface area (Å²) in [7, 11) is 0. The number of halogens is 3. The summed E-state index contributed by atoms with van der Waals surface area (Å²) >= 11 is 0. The lowest BCUT2D eigenvalue weighted by Crippen LogP contribution is -2.12. The molecule has 1 heterocycles. The number of hydrogen-bond acceptors (Lipinski definition) is 3. The summed E-state index contributed by atoms with van der Waals surface area (Å²) in [6, 6.07) is 7.02. The molecule has 0 spiro atoms. The molecule has 0 fully saturated rings. The van der Waals surface area contributed by atoms with E-state index in [-0.39, 0.29) is 5.92 Å². The van der Waals surface area contributed by atoms with E-state index >= 15 is 0 Å². The first-order valence-electron chi connectivity index (χ1n) is 6.57. The Kier molecular flexibility index (Phi) is 4.45. The molecule has 1 aromatic heterocycles. The molecule has 21 heavy (non-hydrogen) atoms. The third-order valence-corrected chi connectivity index (χ3v) is 3.17. The lowest BCUT2D eigenvalue weighted by molar-refractivity contribution is -0.137. The predicted molar refractivity (Wildman–Crippen MR) is 75.1 cm³/mol. The highest BCUT2D eigenvalue weighted by molar-refractivity contribution is 5.30. The van der Waals surface area contributed by atoms with Gasteiger partial charge in [-0.15, -0.1) is 0 Å². The summed E-state index contributed by atoms with van der Waals surface area (Å²) in [5, 5.41) is 3.08. The lowest BCUT2D eigenvalue weighted by atomic mass is 10.00. The van der Waals surface area contributed by atoms with Gasteiger partial charge in [-0.05, 0) is 36.6 Å². The van der Waals surface area contributed by atoms with Crippen molar-refractivity contribution in [3.05, 3.63) is 53.3 Å². The van der Waals surface area contributed by atoms with Gasteiger partial charge in [0.25, 0.3) is 0 Å². The van der Waals surface area contributed by atoms with Crippen LogP contribution in [0.1, 0.15) is 29.7 Å². The van der Waals surface area contributed by atoms with E-state index in [1.54, 1.807) is 12.3 Å². The van der Waals surface area contributed by atoms with Crippen LogP contribution >= 0.6 is 0 Å². The number of anilines is 1. The van der Waals surface area contributed by atoms with Crippen LogP contribution in [0.4, 0.5) is 19.1 Å². The van der Waals surface area contributed by atoms with Crippen molar-refractivity contribution in [2.45, 2.75) is 25.9 Å². The highest BCUT2D eigenvalue weighted by Crippen LogP contribution is 2.30. The normalized spacial score (nSPS) is 13.0. The van der Waals surface area contributed by atoms with Gasteiger partial charge in [0, 0.05) is 18.4 Å². The number of aryl methyl sites for hydroxylation is 1. The summed E-state index contributed by atoms with van der Waals surface area (Å²) in [5.41, 5.74) is 1.06. The fraction of sp³-hybridized carbons (Fsp3) is 0.333. The predicted octanol–water partition coefficient (Wildman–Crippen LogP) is 4.02. The average molecular weight is 295 g/mol. The molecule has 2 aromatic rings. The highest BCUT2D eigenvalue weighted by atomic mass is 19.4. The van der Waals surface area contributed by atoms with Gasteiger partial charge in [-0.3, -0.25) is 0 Å². The van der Waals surface area contributed by atoms with Crippen LogP contribution in [0.25, 0.3) is 0 Å². The molecule has 0 amide bonds. The molecule has 0 radical (unpaired) electrons. The minimum Gasteiger partial charge on any atom is -0.354 e. The maximum absolute atomic E-state index is 12.5. The molecule has 2 rings (SSSR count). The molecule has 0 aliphatic heterocycles. The topological polar surface area (TPSA) is 37.8 Å². The second-order valence-corrected chi connectivity index (χ2v) is 4.92. The molecular weight excluding hydrogens is 279 g/mol. The van der Waals surface area contributed by atoms with Crippen molar-refractivity contribution in [2.75, 3.05) is 11.9 Å². The van der Waals surface area contributed by atoms with Gasteiger partial charge in [0.1, 0.15) is 0 Å². The van der Waals surface area contributed by atoms with Crippen molar-refractivity contribution in [3.8, 4) is 0 Å². The summed E-state index contributed by atoms with van der Waals surface area (Å²) in [6.07, 6.45) is -2.64. The van der Waals surface area contributed by atoms with Crippen LogP contribution < -0.4 is 5.32 Å². The van der Waals surface area contributed by atoms with E-state index in [0.29, 0.717) is 12.5 Å². The second-order valence-electron chi connectivity index (χ2n) is 4.92. The quantitative estimate of drug-likeness (QED) is 0.925. The van der Waals surface area contributed by atoms with Crippen LogP contribution in [0, 0.1) is 6.92 Å². The molecule has 1 atom stereocenters. The standard InChI is InChI=1S/C15H16F3N3/c1-10(9-20-14-19-8-7-11(2)21-14)12-3-5-13(6-4-12)15(16,17)18/h3-8,10H,9H2,1-2H3,(H,19,20,21). The maximum Gasteiger partial charge on any atom is 0.416 e. The molecule has 6 heteroatoms. The van der Waals surface area contributed by atoms with E-state index in [4.69, 9.17) is 0 Å². The highest BCUT2D eigenvalue weighted by Gasteiger charge is 2.30. The van der Waals surface area contributed by atoms with Crippen molar-refractivity contribution >= 4 is 5.95 Å². The van der Waals surface area contributed by atoms with Gasteiger partial charge in [-0.1, -0.05) is 19.1 Å².